The molecular weight excluding hydrogens is 296 g/mol. The van der Waals surface area contributed by atoms with Gasteiger partial charge >= 0.3 is 0 Å². The van der Waals surface area contributed by atoms with Crippen LogP contribution in [0.5, 0.6) is 11.5 Å². The molecule has 2 N–H and O–H groups in total. The van der Waals surface area contributed by atoms with Crippen LogP contribution < -0.4 is 19.5 Å². The number of fused-ring (bicyclic) bond motifs is 1. The van der Waals surface area contributed by atoms with E-state index in [1.165, 1.54) is 0 Å². The summed E-state index contributed by atoms with van der Waals surface area (Å²) in [5.41, 5.74) is 0.851. The van der Waals surface area contributed by atoms with Crippen LogP contribution in [-0.4, -0.2) is 33.4 Å². The van der Waals surface area contributed by atoms with Crippen molar-refractivity contribution in [2.24, 2.45) is 0 Å². The molecule has 2 rings (SSSR count). The Bertz CT molecular complexity index is 615. The number of carbonyl (C=O) groups excluding carboxylic acids is 1. The van der Waals surface area contributed by atoms with Gasteiger partial charge in [-0.3, -0.25) is 4.79 Å². The van der Waals surface area contributed by atoms with Crippen LogP contribution in [0.4, 0.5) is 0 Å². The zero-order valence-electron chi connectivity index (χ0n) is 11.7. The topological polar surface area (TPSA) is 93.7 Å². The van der Waals surface area contributed by atoms with Crippen LogP contribution >= 0.6 is 0 Å². The second-order valence-corrected chi connectivity index (χ2v) is 6.53. The quantitative estimate of drug-likeness (QED) is 0.758. The Morgan fingerprint density at radius 3 is 2.81 bits per heavy atom. The summed E-state index contributed by atoms with van der Waals surface area (Å²) in [4.78, 5) is 11.6. The standard InChI is InChI=1S/C13H18N2O5S/c1-2-5-21(17,18)15-8-13(16)14-7-10-3-4-11-12(6-10)20-9-19-11/h3-4,6,15H,2,5,7-9H2,1H3,(H,14,16). The van der Waals surface area contributed by atoms with Crippen LogP contribution in [-0.2, 0) is 21.4 Å². The van der Waals surface area contributed by atoms with Crippen molar-refractivity contribution in [1.82, 2.24) is 10.0 Å². The molecular formula is C13H18N2O5S. The number of amides is 1. The number of hydrogen-bond donors (Lipinski definition) is 2. The summed E-state index contributed by atoms with van der Waals surface area (Å²) in [6.45, 7) is 2.00. The average Bonchev–Trinajstić information content (AvgIpc) is 2.90. The van der Waals surface area contributed by atoms with Gasteiger partial charge in [0, 0.05) is 6.54 Å². The van der Waals surface area contributed by atoms with E-state index in [1.807, 2.05) is 6.07 Å². The highest BCUT2D eigenvalue weighted by Crippen LogP contribution is 2.32. The number of hydrogen-bond acceptors (Lipinski definition) is 5. The fourth-order valence-electron chi connectivity index (χ4n) is 1.83. The maximum atomic E-state index is 11.6. The lowest BCUT2D eigenvalue weighted by atomic mass is 10.2. The van der Waals surface area contributed by atoms with Crippen LogP contribution in [0.25, 0.3) is 0 Å². The van der Waals surface area contributed by atoms with Crippen LogP contribution in [0, 0.1) is 0 Å². The van der Waals surface area contributed by atoms with E-state index in [1.54, 1.807) is 19.1 Å². The molecule has 1 amide bonds. The first-order chi connectivity index (χ1) is 10.00. The third kappa shape index (κ3) is 4.61. The zero-order valence-corrected chi connectivity index (χ0v) is 12.5. The Morgan fingerprint density at radius 1 is 1.29 bits per heavy atom. The van der Waals surface area contributed by atoms with Crippen molar-refractivity contribution in [3.8, 4) is 11.5 Å². The summed E-state index contributed by atoms with van der Waals surface area (Å²) in [6.07, 6.45) is 0.508. The van der Waals surface area contributed by atoms with Crippen molar-refractivity contribution in [3.05, 3.63) is 23.8 Å². The molecule has 8 heteroatoms. The van der Waals surface area contributed by atoms with E-state index < -0.39 is 10.0 Å². The highest BCUT2D eigenvalue weighted by Gasteiger charge is 2.14. The first kappa shape index (κ1) is 15.6. The molecule has 0 unspecified atom stereocenters. The fraction of sp³-hybridized carbons (Fsp3) is 0.462. The van der Waals surface area contributed by atoms with Crippen LogP contribution in [0.3, 0.4) is 0 Å². The third-order valence-corrected chi connectivity index (χ3v) is 4.38. The van der Waals surface area contributed by atoms with Gasteiger partial charge in [-0.25, -0.2) is 13.1 Å². The molecule has 1 aromatic carbocycles. The first-order valence-corrected chi connectivity index (χ1v) is 8.28. The molecule has 0 fully saturated rings. The van der Waals surface area contributed by atoms with Crippen LogP contribution in [0.2, 0.25) is 0 Å². The van der Waals surface area contributed by atoms with Gasteiger partial charge in [0.2, 0.25) is 22.7 Å². The smallest absolute Gasteiger partial charge is 0.235 e. The van der Waals surface area contributed by atoms with Gasteiger partial charge in [-0.15, -0.1) is 0 Å². The van der Waals surface area contributed by atoms with E-state index in [9.17, 15) is 13.2 Å². The van der Waals surface area contributed by atoms with Crippen molar-refractivity contribution in [3.63, 3.8) is 0 Å². The summed E-state index contributed by atoms with van der Waals surface area (Å²) in [5, 5.41) is 2.64. The monoisotopic (exact) mass is 314 g/mol. The second-order valence-electron chi connectivity index (χ2n) is 4.60. The number of nitrogens with one attached hydrogen (secondary N) is 2. The van der Waals surface area contributed by atoms with Gasteiger partial charge in [-0.1, -0.05) is 13.0 Å². The third-order valence-electron chi connectivity index (χ3n) is 2.85. The molecule has 1 heterocycles. The van der Waals surface area contributed by atoms with Crippen molar-refractivity contribution in [1.29, 1.82) is 0 Å². The van der Waals surface area contributed by atoms with E-state index in [2.05, 4.69) is 10.0 Å². The van der Waals surface area contributed by atoms with E-state index in [0.717, 1.165) is 5.56 Å². The summed E-state index contributed by atoms with van der Waals surface area (Å²) >= 11 is 0. The summed E-state index contributed by atoms with van der Waals surface area (Å²) in [6, 6.07) is 5.37. The molecule has 21 heavy (non-hydrogen) atoms. The second kappa shape index (κ2) is 6.77. The Hall–Kier alpha value is -1.80. The van der Waals surface area contributed by atoms with Gasteiger partial charge in [0.25, 0.3) is 0 Å². The number of sulfonamides is 1. The normalized spacial score (nSPS) is 13.2. The molecule has 0 bridgehead atoms. The summed E-state index contributed by atoms with van der Waals surface area (Å²) in [5.74, 6) is 0.956. The minimum Gasteiger partial charge on any atom is -0.454 e. The highest BCUT2D eigenvalue weighted by atomic mass is 32.2. The lowest BCUT2D eigenvalue weighted by molar-refractivity contribution is -0.120. The maximum Gasteiger partial charge on any atom is 0.235 e. The molecule has 0 atom stereocenters. The molecule has 1 aliphatic heterocycles. The summed E-state index contributed by atoms with van der Waals surface area (Å²) < 4.78 is 35.5. The van der Waals surface area contributed by atoms with Crippen LogP contribution in [0.15, 0.2) is 18.2 Å². The molecule has 7 nitrogen and oxygen atoms in total. The maximum absolute atomic E-state index is 11.6. The van der Waals surface area contributed by atoms with Gasteiger partial charge in [0.05, 0.1) is 12.3 Å². The lowest BCUT2D eigenvalue weighted by Gasteiger charge is -2.07. The van der Waals surface area contributed by atoms with Crippen molar-refractivity contribution >= 4 is 15.9 Å². The number of carbonyl (C=O) groups is 1. The predicted molar refractivity (Wildman–Crippen MR) is 76.5 cm³/mol. The molecule has 1 aliphatic rings. The Balaban J connectivity index is 1.79. The van der Waals surface area contributed by atoms with E-state index in [-0.39, 0.29) is 25.0 Å². The SMILES string of the molecule is CCCS(=O)(=O)NCC(=O)NCc1ccc2c(c1)OCO2. The van der Waals surface area contributed by atoms with Gasteiger partial charge < -0.3 is 14.8 Å². The van der Waals surface area contributed by atoms with Gasteiger partial charge in [-0.05, 0) is 24.1 Å². The Labute approximate surface area is 123 Å². The van der Waals surface area contributed by atoms with Crippen LogP contribution in [0.1, 0.15) is 18.9 Å². The molecule has 0 spiro atoms. The summed E-state index contributed by atoms with van der Waals surface area (Å²) in [7, 11) is -3.37. The molecule has 0 radical (unpaired) electrons. The molecule has 0 saturated carbocycles. The van der Waals surface area contributed by atoms with Gasteiger partial charge in [0.1, 0.15) is 0 Å². The average molecular weight is 314 g/mol. The Morgan fingerprint density at radius 2 is 2.05 bits per heavy atom. The minimum absolute atomic E-state index is 0.0163. The van der Waals surface area contributed by atoms with Crippen molar-refractivity contribution in [2.45, 2.75) is 19.9 Å². The van der Waals surface area contributed by atoms with E-state index >= 15 is 0 Å². The van der Waals surface area contributed by atoms with E-state index in [4.69, 9.17) is 9.47 Å². The van der Waals surface area contributed by atoms with Crippen molar-refractivity contribution < 1.29 is 22.7 Å². The highest BCUT2D eigenvalue weighted by molar-refractivity contribution is 7.89. The molecule has 0 aromatic heterocycles. The first-order valence-electron chi connectivity index (χ1n) is 6.63. The van der Waals surface area contributed by atoms with Gasteiger partial charge in [-0.2, -0.15) is 0 Å². The molecule has 1 aromatic rings. The van der Waals surface area contributed by atoms with Crippen molar-refractivity contribution in [2.75, 3.05) is 19.1 Å². The zero-order chi connectivity index (χ0) is 15.3. The lowest BCUT2D eigenvalue weighted by Crippen LogP contribution is -2.37. The number of ether oxygens (including phenoxy) is 2. The van der Waals surface area contributed by atoms with Gasteiger partial charge in [0.15, 0.2) is 11.5 Å². The number of benzene rings is 1. The number of rotatable bonds is 7. The molecule has 0 saturated heterocycles. The molecule has 116 valence electrons. The minimum atomic E-state index is -3.37. The van der Waals surface area contributed by atoms with E-state index in [0.29, 0.717) is 24.5 Å². The predicted octanol–water partition coefficient (Wildman–Crippen LogP) is 0.361. The Kier molecular flexibility index (Phi) is 5.03. The largest absolute Gasteiger partial charge is 0.454 e. The molecule has 0 aliphatic carbocycles. The fourth-order valence-corrected chi connectivity index (χ4v) is 2.86.